The first kappa shape index (κ1) is 16.7. The molecule has 0 aromatic carbocycles. The third kappa shape index (κ3) is 3.82. The van der Waals surface area contributed by atoms with Crippen LogP contribution in [0.25, 0.3) is 0 Å². The topological polar surface area (TPSA) is 70.3 Å². The van der Waals surface area contributed by atoms with Gasteiger partial charge in [-0.25, -0.2) is 4.79 Å². The lowest BCUT2D eigenvalue weighted by atomic mass is 10.4. The number of aromatic nitrogens is 2. The van der Waals surface area contributed by atoms with Crippen LogP contribution in [0.4, 0.5) is 0 Å². The normalized spacial score (nSPS) is 12.4. The van der Waals surface area contributed by atoms with E-state index < -0.39 is 16.4 Å². The molecule has 0 aliphatic heterocycles. The molecule has 0 saturated carbocycles. The van der Waals surface area contributed by atoms with E-state index in [0.717, 1.165) is 17.4 Å². The van der Waals surface area contributed by atoms with E-state index in [-0.39, 0.29) is 18.0 Å². The van der Waals surface area contributed by atoms with Crippen molar-refractivity contribution in [1.82, 2.24) is 9.13 Å². The molecule has 1 heterocycles. The van der Waals surface area contributed by atoms with E-state index in [1.807, 2.05) is 6.92 Å². The van der Waals surface area contributed by atoms with Crippen molar-refractivity contribution in [2.24, 2.45) is 14.1 Å². The molecule has 0 spiro atoms. The minimum absolute atomic E-state index is 0.155. The second-order valence-electron chi connectivity index (χ2n) is 4.67. The first-order valence-corrected chi connectivity index (χ1v) is 8.13. The lowest BCUT2D eigenvalue weighted by Crippen LogP contribution is -2.39. The molecule has 1 aromatic rings. The molecule has 7 heteroatoms. The number of hydrogen-bond acceptors (Lipinski definition) is 4. The Bertz CT molecular complexity index is 604. The van der Waals surface area contributed by atoms with Gasteiger partial charge in [0.15, 0.2) is 0 Å². The van der Waals surface area contributed by atoms with Gasteiger partial charge >= 0.3 is 5.69 Å². The predicted octanol–water partition coefficient (Wildman–Crippen LogP) is 0.320. The lowest BCUT2D eigenvalue weighted by Gasteiger charge is -2.12. The first-order chi connectivity index (χ1) is 9.40. The molecular weight excluding hydrogens is 280 g/mol. The molecule has 6 nitrogen and oxygen atoms in total. The molecule has 114 valence electrons. The number of unbranched alkanes of at least 4 members (excludes halogenated alkanes) is 1. The Balaban J connectivity index is 2.77. The fraction of sp³-hybridized carbons (Fsp3) is 0.692. The fourth-order valence-corrected chi connectivity index (χ4v) is 2.81. The number of nitrogens with zero attached hydrogens (tertiary/aromatic N) is 2. The Kier molecular flexibility index (Phi) is 6.19. The Labute approximate surface area is 120 Å². The molecule has 0 amide bonds. The first-order valence-electron chi connectivity index (χ1n) is 6.64. The Hall–Kier alpha value is -1.37. The second-order valence-corrected chi connectivity index (χ2v) is 6.37. The largest absolute Gasteiger partial charge is 0.486 e. The molecular formula is C13H22N2O4S. The third-order valence-corrected chi connectivity index (χ3v) is 4.55. The number of rotatable bonds is 7. The van der Waals surface area contributed by atoms with E-state index >= 15 is 0 Å². The van der Waals surface area contributed by atoms with E-state index in [0.29, 0.717) is 17.2 Å². The summed E-state index contributed by atoms with van der Waals surface area (Å²) in [5.41, 5.74) is -0.353. The van der Waals surface area contributed by atoms with Crippen LogP contribution in [0.15, 0.2) is 9.59 Å². The highest BCUT2D eigenvalue weighted by atomic mass is 32.2. The number of hydrogen-bond donors (Lipinski definition) is 0. The summed E-state index contributed by atoms with van der Waals surface area (Å²) < 4.78 is 19.5. The molecule has 20 heavy (non-hydrogen) atoms. The zero-order valence-corrected chi connectivity index (χ0v) is 13.3. The van der Waals surface area contributed by atoms with Crippen LogP contribution in [0.3, 0.4) is 0 Å². The molecule has 1 rings (SSSR count). The van der Waals surface area contributed by atoms with Gasteiger partial charge in [-0.15, -0.1) is 0 Å². The van der Waals surface area contributed by atoms with Gasteiger partial charge in [0, 0.05) is 30.6 Å². The van der Waals surface area contributed by atoms with E-state index in [4.69, 9.17) is 4.74 Å². The highest BCUT2D eigenvalue weighted by Gasteiger charge is 2.13. The quantitative estimate of drug-likeness (QED) is 0.727. The fourth-order valence-electron chi connectivity index (χ4n) is 1.72. The van der Waals surface area contributed by atoms with Gasteiger partial charge < -0.3 is 4.74 Å². The van der Waals surface area contributed by atoms with Crippen molar-refractivity contribution in [2.75, 3.05) is 18.1 Å². The molecule has 0 N–H and O–H groups in total. The van der Waals surface area contributed by atoms with Gasteiger partial charge in [0.1, 0.15) is 6.61 Å². The van der Waals surface area contributed by atoms with Gasteiger partial charge in [0.2, 0.25) is 5.75 Å². The van der Waals surface area contributed by atoms with Crippen molar-refractivity contribution in [1.29, 1.82) is 0 Å². The van der Waals surface area contributed by atoms with Gasteiger partial charge in [-0.3, -0.25) is 18.1 Å². The molecule has 1 atom stereocenters. The average molecular weight is 302 g/mol. The zero-order valence-electron chi connectivity index (χ0n) is 12.5. The second kappa shape index (κ2) is 7.42. The zero-order chi connectivity index (χ0) is 15.3. The summed E-state index contributed by atoms with van der Waals surface area (Å²) in [6.07, 6.45) is 1.93. The van der Waals surface area contributed by atoms with Crippen LogP contribution >= 0.6 is 0 Å². The van der Waals surface area contributed by atoms with E-state index in [2.05, 4.69) is 0 Å². The smallest absolute Gasteiger partial charge is 0.330 e. The van der Waals surface area contributed by atoms with Crippen molar-refractivity contribution in [2.45, 2.75) is 26.7 Å². The molecule has 0 aliphatic carbocycles. The maximum atomic E-state index is 12.0. The summed E-state index contributed by atoms with van der Waals surface area (Å²) in [4.78, 5) is 23.6. The predicted molar refractivity (Wildman–Crippen MR) is 79.9 cm³/mol. The molecule has 0 bridgehead atoms. The molecule has 0 fully saturated rings. The monoisotopic (exact) mass is 302 g/mol. The van der Waals surface area contributed by atoms with Crippen molar-refractivity contribution in [3.05, 3.63) is 26.5 Å². The maximum absolute atomic E-state index is 12.0. The molecule has 0 saturated heterocycles. The minimum Gasteiger partial charge on any atom is -0.486 e. The Morgan fingerprint density at radius 1 is 1.15 bits per heavy atom. The van der Waals surface area contributed by atoms with Gasteiger partial charge in [0.25, 0.3) is 5.56 Å². The van der Waals surface area contributed by atoms with Crippen LogP contribution in [0.1, 0.15) is 25.5 Å². The van der Waals surface area contributed by atoms with Crippen molar-refractivity contribution < 1.29 is 8.95 Å². The molecule has 1 aromatic heterocycles. The van der Waals surface area contributed by atoms with Crippen LogP contribution in [-0.4, -0.2) is 31.5 Å². The molecule has 1 unspecified atom stereocenters. The van der Waals surface area contributed by atoms with E-state index in [1.54, 1.807) is 14.0 Å². The van der Waals surface area contributed by atoms with Gasteiger partial charge in [0.05, 0.1) is 11.4 Å². The molecule has 0 radical (unpaired) electrons. The summed E-state index contributed by atoms with van der Waals surface area (Å²) in [6, 6.07) is 0. The standard InChI is InChI=1S/C13H22N2O4S/c1-5-6-8-20(18)9-7-19-11-10(2)14(3)13(17)15(4)12(11)16/h5-9H2,1-4H3. The van der Waals surface area contributed by atoms with Crippen molar-refractivity contribution in [3.8, 4) is 5.75 Å². The summed E-state index contributed by atoms with van der Waals surface area (Å²) in [6.45, 7) is 3.92. The van der Waals surface area contributed by atoms with Gasteiger partial charge in [-0.1, -0.05) is 13.3 Å². The highest BCUT2D eigenvalue weighted by molar-refractivity contribution is 7.84. The van der Waals surface area contributed by atoms with Gasteiger partial charge in [-0.2, -0.15) is 0 Å². The summed E-state index contributed by atoms with van der Waals surface area (Å²) >= 11 is 0. The molecule has 0 aliphatic rings. The van der Waals surface area contributed by atoms with Crippen molar-refractivity contribution >= 4 is 10.8 Å². The van der Waals surface area contributed by atoms with Crippen LogP contribution in [-0.2, 0) is 24.9 Å². The average Bonchev–Trinajstić information content (AvgIpc) is 2.44. The summed E-state index contributed by atoms with van der Waals surface area (Å²) in [7, 11) is 2.08. The lowest BCUT2D eigenvalue weighted by molar-refractivity contribution is 0.326. The van der Waals surface area contributed by atoms with Crippen LogP contribution in [0.2, 0.25) is 0 Å². The highest BCUT2D eigenvalue weighted by Crippen LogP contribution is 2.08. The Morgan fingerprint density at radius 3 is 2.40 bits per heavy atom. The summed E-state index contributed by atoms with van der Waals surface area (Å²) in [5.74, 6) is 1.21. The maximum Gasteiger partial charge on any atom is 0.330 e. The van der Waals surface area contributed by atoms with Crippen LogP contribution in [0, 0.1) is 6.92 Å². The van der Waals surface area contributed by atoms with Crippen LogP contribution in [0.5, 0.6) is 5.75 Å². The number of ether oxygens (including phenoxy) is 1. The minimum atomic E-state index is -0.924. The SMILES string of the molecule is CCCCS(=O)CCOc1c(C)n(C)c(=O)n(C)c1=O. The van der Waals surface area contributed by atoms with Crippen LogP contribution < -0.4 is 16.0 Å². The summed E-state index contributed by atoms with van der Waals surface area (Å²) in [5, 5.41) is 0. The van der Waals surface area contributed by atoms with E-state index in [1.165, 1.54) is 11.6 Å². The third-order valence-electron chi connectivity index (χ3n) is 3.19. The van der Waals surface area contributed by atoms with Gasteiger partial charge in [-0.05, 0) is 13.3 Å². The Morgan fingerprint density at radius 2 is 1.80 bits per heavy atom. The van der Waals surface area contributed by atoms with E-state index in [9.17, 15) is 13.8 Å². The van der Waals surface area contributed by atoms with Crippen molar-refractivity contribution in [3.63, 3.8) is 0 Å².